The van der Waals surface area contributed by atoms with Crippen LogP contribution in [-0.2, 0) is 0 Å². The van der Waals surface area contributed by atoms with Gasteiger partial charge in [0.25, 0.3) is 0 Å². The van der Waals surface area contributed by atoms with Gasteiger partial charge in [0, 0.05) is 19.8 Å². The van der Waals surface area contributed by atoms with Gasteiger partial charge in [-0.1, -0.05) is 24.3 Å². The van der Waals surface area contributed by atoms with Crippen LogP contribution in [0, 0.1) is 0 Å². The first-order chi connectivity index (χ1) is 9.69. The van der Waals surface area contributed by atoms with Crippen molar-refractivity contribution < 1.29 is 4.74 Å². The molecule has 20 heavy (non-hydrogen) atoms. The number of anilines is 1. The fourth-order valence-corrected chi connectivity index (χ4v) is 2.80. The fourth-order valence-electron chi connectivity index (χ4n) is 2.80. The molecule has 0 heterocycles. The number of rotatable bonds is 4. The topological polar surface area (TPSA) is 12.5 Å². The molecule has 0 N–H and O–H groups in total. The van der Waals surface area contributed by atoms with Gasteiger partial charge < -0.3 is 9.64 Å². The summed E-state index contributed by atoms with van der Waals surface area (Å²) in [7, 11) is 5.86. The van der Waals surface area contributed by atoms with Crippen molar-refractivity contribution in [2.24, 2.45) is 0 Å². The van der Waals surface area contributed by atoms with Gasteiger partial charge in [-0.25, -0.2) is 0 Å². The highest BCUT2D eigenvalue weighted by Crippen LogP contribution is 2.54. The molecule has 0 saturated heterocycles. The molecule has 0 radical (unpaired) electrons. The Balaban J connectivity index is 1.71. The van der Waals surface area contributed by atoms with Crippen molar-refractivity contribution in [1.29, 1.82) is 0 Å². The zero-order valence-corrected chi connectivity index (χ0v) is 12.3. The van der Waals surface area contributed by atoms with Crippen LogP contribution in [0.4, 0.5) is 5.69 Å². The van der Waals surface area contributed by atoms with Gasteiger partial charge in [0.15, 0.2) is 0 Å². The van der Waals surface area contributed by atoms with Gasteiger partial charge in [-0.2, -0.15) is 0 Å². The van der Waals surface area contributed by atoms with Gasteiger partial charge in [0.1, 0.15) is 5.75 Å². The van der Waals surface area contributed by atoms with Crippen molar-refractivity contribution in [1.82, 2.24) is 0 Å². The quantitative estimate of drug-likeness (QED) is 0.829. The minimum atomic E-state index is 0.672. The van der Waals surface area contributed by atoms with E-state index < -0.39 is 0 Å². The molecule has 1 aliphatic carbocycles. The van der Waals surface area contributed by atoms with Crippen LogP contribution in [0.15, 0.2) is 48.5 Å². The van der Waals surface area contributed by atoms with Crippen molar-refractivity contribution in [2.75, 3.05) is 26.1 Å². The maximum atomic E-state index is 5.21. The maximum absolute atomic E-state index is 5.21. The van der Waals surface area contributed by atoms with E-state index in [0.717, 1.165) is 5.75 Å². The predicted octanol–water partition coefficient (Wildman–Crippen LogP) is 4.03. The first kappa shape index (κ1) is 13.0. The molecule has 2 unspecified atom stereocenters. The maximum Gasteiger partial charge on any atom is 0.118 e. The van der Waals surface area contributed by atoms with Crippen LogP contribution in [-0.4, -0.2) is 21.2 Å². The first-order valence-electron chi connectivity index (χ1n) is 7.10. The summed E-state index contributed by atoms with van der Waals surface area (Å²) in [4.78, 5) is 2.14. The Bertz CT molecular complexity index is 571. The molecule has 2 aromatic rings. The lowest BCUT2D eigenvalue weighted by molar-refractivity contribution is 0.414. The van der Waals surface area contributed by atoms with E-state index in [4.69, 9.17) is 4.74 Å². The number of benzene rings is 2. The highest BCUT2D eigenvalue weighted by molar-refractivity contribution is 5.48. The lowest BCUT2D eigenvalue weighted by Crippen LogP contribution is -2.08. The van der Waals surface area contributed by atoms with Gasteiger partial charge >= 0.3 is 0 Å². The molecule has 0 aliphatic heterocycles. The lowest BCUT2D eigenvalue weighted by atomic mass is 10.0. The van der Waals surface area contributed by atoms with E-state index >= 15 is 0 Å². The summed E-state index contributed by atoms with van der Waals surface area (Å²) in [5, 5.41) is 0. The molecule has 104 valence electrons. The molecule has 0 aromatic heterocycles. The van der Waals surface area contributed by atoms with Crippen molar-refractivity contribution in [3.8, 4) is 5.75 Å². The number of hydrogen-bond acceptors (Lipinski definition) is 2. The highest BCUT2D eigenvalue weighted by atomic mass is 16.5. The minimum Gasteiger partial charge on any atom is -0.497 e. The molecule has 2 nitrogen and oxygen atoms in total. The Hall–Kier alpha value is -1.96. The SMILES string of the molecule is COc1ccc(C2CC2c2ccc(N(C)C)cc2)cc1. The Morgan fingerprint density at radius 2 is 1.35 bits per heavy atom. The van der Waals surface area contributed by atoms with Crippen LogP contribution >= 0.6 is 0 Å². The Morgan fingerprint density at radius 1 is 0.850 bits per heavy atom. The van der Waals surface area contributed by atoms with Crippen LogP contribution < -0.4 is 9.64 Å². The molecule has 0 amide bonds. The largest absolute Gasteiger partial charge is 0.497 e. The normalized spacial score (nSPS) is 20.6. The monoisotopic (exact) mass is 267 g/mol. The minimum absolute atomic E-state index is 0.672. The van der Waals surface area contributed by atoms with Crippen LogP contribution in [0.3, 0.4) is 0 Å². The molecule has 2 aromatic carbocycles. The van der Waals surface area contributed by atoms with E-state index in [1.807, 2.05) is 0 Å². The molecular formula is C18H21NO. The molecule has 0 spiro atoms. The summed E-state index contributed by atoms with van der Waals surface area (Å²) >= 11 is 0. The molecule has 0 bridgehead atoms. The standard InChI is InChI=1S/C18H21NO/c1-19(2)15-8-4-13(5-9-15)17-12-18(17)14-6-10-16(20-3)11-7-14/h4-11,17-18H,12H2,1-3H3. The second-order valence-electron chi connectivity index (χ2n) is 5.71. The fraction of sp³-hybridized carbons (Fsp3) is 0.333. The summed E-state index contributed by atoms with van der Waals surface area (Å²) in [5.74, 6) is 2.28. The molecule has 2 heteroatoms. The number of methoxy groups -OCH3 is 1. The van der Waals surface area contributed by atoms with Crippen LogP contribution in [0.5, 0.6) is 5.75 Å². The van der Waals surface area contributed by atoms with E-state index in [9.17, 15) is 0 Å². The third kappa shape index (κ3) is 2.51. The smallest absolute Gasteiger partial charge is 0.118 e. The van der Waals surface area contributed by atoms with Crippen LogP contribution in [0.2, 0.25) is 0 Å². The predicted molar refractivity (Wildman–Crippen MR) is 83.9 cm³/mol. The van der Waals surface area contributed by atoms with Gasteiger partial charge in [-0.15, -0.1) is 0 Å². The first-order valence-corrected chi connectivity index (χ1v) is 7.10. The van der Waals surface area contributed by atoms with Crippen LogP contribution in [0.1, 0.15) is 29.4 Å². The molecule has 2 atom stereocenters. The zero-order valence-electron chi connectivity index (χ0n) is 12.3. The number of ether oxygens (including phenoxy) is 1. The van der Waals surface area contributed by atoms with Gasteiger partial charge in [0.05, 0.1) is 7.11 Å². The summed E-state index contributed by atoms with van der Waals surface area (Å²) in [6.45, 7) is 0. The zero-order chi connectivity index (χ0) is 14.1. The average molecular weight is 267 g/mol. The highest BCUT2D eigenvalue weighted by Gasteiger charge is 2.39. The summed E-state index contributed by atoms with van der Waals surface area (Å²) in [6.07, 6.45) is 1.26. The third-order valence-corrected chi connectivity index (χ3v) is 4.17. The number of hydrogen-bond donors (Lipinski definition) is 0. The molecule has 3 rings (SSSR count). The van der Waals surface area contributed by atoms with Crippen molar-refractivity contribution in [2.45, 2.75) is 18.3 Å². The van der Waals surface area contributed by atoms with Gasteiger partial charge in [-0.05, 0) is 53.6 Å². The second-order valence-corrected chi connectivity index (χ2v) is 5.71. The summed E-state index contributed by atoms with van der Waals surface area (Å²) in [6, 6.07) is 17.4. The Kier molecular flexibility index (Phi) is 3.39. The average Bonchev–Trinajstić information content (AvgIpc) is 3.28. The lowest BCUT2D eigenvalue weighted by Gasteiger charge is -2.12. The Morgan fingerprint density at radius 3 is 1.80 bits per heavy atom. The molecule has 1 saturated carbocycles. The van der Waals surface area contributed by atoms with Crippen LogP contribution in [0.25, 0.3) is 0 Å². The van der Waals surface area contributed by atoms with E-state index in [-0.39, 0.29) is 0 Å². The second kappa shape index (κ2) is 5.20. The van der Waals surface area contributed by atoms with Crippen molar-refractivity contribution in [3.63, 3.8) is 0 Å². The van der Waals surface area contributed by atoms with Gasteiger partial charge in [-0.3, -0.25) is 0 Å². The van der Waals surface area contributed by atoms with E-state index in [2.05, 4.69) is 67.5 Å². The third-order valence-electron chi connectivity index (χ3n) is 4.17. The van der Waals surface area contributed by atoms with E-state index in [1.54, 1.807) is 7.11 Å². The van der Waals surface area contributed by atoms with Gasteiger partial charge in [0.2, 0.25) is 0 Å². The summed E-state index contributed by atoms with van der Waals surface area (Å²) in [5.41, 5.74) is 4.14. The number of nitrogens with zero attached hydrogens (tertiary/aromatic N) is 1. The summed E-state index contributed by atoms with van der Waals surface area (Å²) < 4.78 is 5.21. The van der Waals surface area contributed by atoms with E-state index in [0.29, 0.717) is 11.8 Å². The van der Waals surface area contributed by atoms with Crippen molar-refractivity contribution >= 4 is 5.69 Å². The Labute approximate surface area is 121 Å². The molecular weight excluding hydrogens is 246 g/mol. The molecule has 1 fully saturated rings. The van der Waals surface area contributed by atoms with E-state index in [1.165, 1.54) is 23.2 Å². The van der Waals surface area contributed by atoms with Crippen molar-refractivity contribution in [3.05, 3.63) is 59.7 Å². The molecule has 1 aliphatic rings.